The summed E-state index contributed by atoms with van der Waals surface area (Å²) in [6.45, 7) is 1.73. The lowest BCUT2D eigenvalue weighted by molar-refractivity contribution is -0.145. The van der Waals surface area contributed by atoms with Crippen LogP contribution in [0.15, 0.2) is 103 Å². The smallest absolute Gasteiger partial charge is 0.328 e. The zero-order valence-electron chi connectivity index (χ0n) is 26.3. The van der Waals surface area contributed by atoms with Crippen LogP contribution in [-0.4, -0.2) is 53.9 Å². The second-order valence-electron chi connectivity index (χ2n) is 11.7. The minimum atomic E-state index is -0.785. The Balaban J connectivity index is 1.05. The minimum Gasteiger partial charge on any atom is -0.489 e. The van der Waals surface area contributed by atoms with Gasteiger partial charge in [0.2, 0.25) is 11.8 Å². The van der Waals surface area contributed by atoms with Crippen molar-refractivity contribution < 1.29 is 23.9 Å². The van der Waals surface area contributed by atoms with E-state index in [1.807, 2.05) is 77.7 Å². The van der Waals surface area contributed by atoms with Crippen LogP contribution in [0.25, 0.3) is 11.1 Å². The molecule has 1 aliphatic heterocycles. The SMILES string of the molecule is COC(=O)[C@H](Cc1ccc(OCc2ccccc2)cc1)NC(=O)CC1CCN(C(=O)CCc2cccc(-c3ccncc3)c2)CC1. The van der Waals surface area contributed by atoms with E-state index in [2.05, 4.69) is 28.5 Å². The van der Waals surface area contributed by atoms with Gasteiger partial charge in [-0.15, -0.1) is 0 Å². The van der Waals surface area contributed by atoms with E-state index < -0.39 is 12.0 Å². The summed E-state index contributed by atoms with van der Waals surface area (Å²) in [5.74, 6) is 0.354. The molecule has 2 heterocycles. The number of benzene rings is 3. The molecule has 1 aromatic heterocycles. The van der Waals surface area contributed by atoms with Crippen LogP contribution in [0.2, 0.25) is 0 Å². The number of aryl methyl sites for hydroxylation is 1. The van der Waals surface area contributed by atoms with Crippen molar-refractivity contribution in [2.75, 3.05) is 20.2 Å². The number of pyridine rings is 1. The first-order valence-electron chi connectivity index (χ1n) is 15.9. The van der Waals surface area contributed by atoms with Gasteiger partial charge in [0.05, 0.1) is 7.11 Å². The Morgan fingerprint density at radius 1 is 0.848 bits per heavy atom. The van der Waals surface area contributed by atoms with E-state index in [9.17, 15) is 14.4 Å². The maximum atomic E-state index is 13.0. The van der Waals surface area contributed by atoms with E-state index in [4.69, 9.17) is 9.47 Å². The molecular weight excluding hydrogens is 578 g/mol. The Morgan fingerprint density at radius 2 is 1.57 bits per heavy atom. The molecule has 1 saturated heterocycles. The second-order valence-corrected chi connectivity index (χ2v) is 11.7. The Hall–Kier alpha value is -4.98. The number of carbonyl (C=O) groups excluding carboxylic acids is 3. The number of likely N-dealkylation sites (tertiary alicyclic amines) is 1. The highest BCUT2D eigenvalue weighted by Crippen LogP contribution is 2.23. The van der Waals surface area contributed by atoms with Crippen molar-refractivity contribution in [3.05, 3.63) is 120 Å². The van der Waals surface area contributed by atoms with Gasteiger partial charge in [-0.2, -0.15) is 0 Å². The maximum Gasteiger partial charge on any atom is 0.328 e. The number of esters is 1. The van der Waals surface area contributed by atoms with Crippen molar-refractivity contribution in [1.82, 2.24) is 15.2 Å². The number of hydrogen-bond acceptors (Lipinski definition) is 6. The fourth-order valence-electron chi connectivity index (χ4n) is 5.80. The standard InChI is InChI=1S/C38H41N3O5/c1-45-38(44)35(25-29-10-13-34(14-11-29)46-27-31-6-3-2-4-7-31)40-36(42)26-30-18-22-41(23-19-30)37(43)15-12-28-8-5-9-33(24-28)32-16-20-39-21-17-32/h2-11,13-14,16-17,20-21,24,30,35H,12,15,18-19,22-23,25-27H2,1H3,(H,40,42)/t35-/m0/s1. The molecule has 1 N–H and O–H groups in total. The minimum absolute atomic E-state index is 0.138. The molecule has 0 spiro atoms. The number of nitrogens with zero attached hydrogens (tertiary/aromatic N) is 2. The number of hydrogen-bond donors (Lipinski definition) is 1. The van der Waals surface area contributed by atoms with Crippen molar-refractivity contribution in [1.29, 1.82) is 0 Å². The fourth-order valence-corrected chi connectivity index (χ4v) is 5.80. The van der Waals surface area contributed by atoms with Crippen molar-refractivity contribution in [3.8, 4) is 16.9 Å². The van der Waals surface area contributed by atoms with Crippen LogP contribution in [0.1, 0.15) is 42.4 Å². The molecule has 0 bridgehead atoms. The van der Waals surface area contributed by atoms with Crippen molar-refractivity contribution in [2.24, 2.45) is 5.92 Å². The van der Waals surface area contributed by atoms with Gasteiger partial charge in [-0.3, -0.25) is 14.6 Å². The van der Waals surface area contributed by atoms with Crippen LogP contribution < -0.4 is 10.1 Å². The second kappa shape index (κ2) is 16.4. The fraction of sp³-hybridized carbons (Fsp3) is 0.316. The predicted molar refractivity (Wildman–Crippen MR) is 177 cm³/mol. The van der Waals surface area contributed by atoms with Crippen LogP contribution in [0.3, 0.4) is 0 Å². The monoisotopic (exact) mass is 619 g/mol. The van der Waals surface area contributed by atoms with Crippen LogP contribution in [0.4, 0.5) is 0 Å². The van der Waals surface area contributed by atoms with Crippen molar-refractivity contribution in [3.63, 3.8) is 0 Å². The zero-order valence-corrected chi connectivity index (χ0v) is 26.3. The number of methoxy groups -OCH3 is 1. The number of carbonyl (C=O) groups is 3. The first-order valence-corrected chi connectivity index (χ1v) is 15.9. The van der Waals surface area contributed by atoms with Gasteiger partial charge in [0.1, 0.15) is 18.4 Å². The van der Waals surface area contributed by atoms with E-state index in [0.717, 1.165) is 46.4 Å². The molecule has 8 nitrogen and oxygen atoms in total. The number of nitrogens with one attached hydrogen (secondary N) is 1. The number of ether oxygens (including phenoxy) is 2. The summed E-state index contributed by atoms with van der Waals surface area (Å²) in [4.78, 5) is 44.5. The Bertz CT molecular complexity index is 1570. The summed E-state index contributed by atoms with van der Waals surface area (Å²) < 4.78 is 10.8. The molecule has 1 fully saturated rings. The first kappa shape index (κ1) is 32.4. The van der Waals surface area contributed by atoms with Gasteiger partial charge in [-0.1, -0.05) is 66.7 Å². The molecule has 0 saturated carbocycles. The van der Waals surface area contributed by atoms with E-state index in [-0.39, 0.29) is 17.7 Å². The molecule has 1 aliphatic rings. The largest absolute Gasteiger partial charge is 0.489 e. The predicted octanol–water partition coefficient (Wildman–Crippen LogP) is 5.79. The third-order valence-corrected chi connectivity index (χ3v) is 8.44. The average molecular weight is 620 g/mol. The molecule has 2 amide bonds. The van der Waals surface area contributed by atoms with Crippen LogP contribution in [-0.2, 0) is 38.6 Å². The summed E-state index contributed by atoms with van der Waals surface area (Å²) in [5.41, 5.74) is 5.31. The third kappa shape index (κ3) is 9.51. The van der Waals surface area contributed by atoms with Crippen molar-refractivity contribution in [2.45, 2.75) is 51.2 Å². The number of amides is 2. The zero-order chi connectivity index (χ0) is 32.1. The molecule has 1 atom stereocenters. The van der Waals surface area contributed by atoms with Gasteiger partial charge < -0.3 is 19.7 Å². The van der Waals surface area contributed by atoms with Gasteiger partial charge in [0.25, 0.3) is 0 Å². The summed E-state index contributed by atoms with van der Waals surface area (Å²) in [7, 11) is 1.33. The Morgan fingerprint density at radius 3 is 2.28 bits per heavy atom. The molecular formula is C38H41N3O5. The summed E-state index contributed by atoms with van der Waals surface area (Å²) in [6, 6.07) is 28.9. The van der Waals surface area contributed by atoms with Gasteiger partial charge in [-0.25, -0.2) is 4.79 Å². The lowest BCUT2D eigenvalue weighted by atomic mass is 9.92. The third-order valence-electron chi connectivity index (χ3n) is 8.44. The lowest BCUT2D eigenvalue weighted by Crippen LogP contribution is -2.44. The highest BCUT2D eigenvalue weighted by molar-refractivity contribution is 5.85. The van der Waals surface area contributed by atoms with E-state index in [0.29, 0.717) is 45.4 Å². The molecule has 238 valence electrons. The van der Waals surface area contributed by atoms with Gasteiger partial charge in [0, 0.05) is 44.7 Å². The quantitative estimate of drug-likeness (QED) is 0.190. The van der Waals surface area contributed by atoms with E-state index >= 15 is 0 Å². The highest BCUT2D eigenvalue weighted by Gasteiger charge is 2.27. The Labute approximate surface area is 270 Å². The first-order chi connectivity index (χ1) is 22.5. The van der Waals surface area contributed by atoms with Gasteiger partial charge in [-0.05, 0) is 77.3 Å². The number of piperidine rings is 1. The molecule has 3 aromatic carbocycles. The van der Waals surface area contributed by atoms with Crippen LogP contribution in [0, 0.1) is 5.92 Å². The summed E-state index contributed by atoms with van der Waals surface area (Å²) >= 11 is 0. The number of aromatic nitrogens is 1. The van der Waals surface area contributed by atoms with Gasteiger partial charge >= 0.3 is 5.97 Å². The normalized spacial score (nSPS) is 13.9. The van der Waals surface area contributed by atoms with Crippen LogP contribution >= 0.6 is 0 Å². The molecule has 0 aliphatic carbocycles. The molecule has 46 heavy (non-hydrogen) atoms. The maximum absolute atomic E-state index is 13.0. The summed E-state index contributed by atoms with van der Waals surface area (Å²) in [6.07, 6.45) is 6.82. The Kier molecular flexibility index (Phi) is 11.5. The molecule has 0 unspecified atom stereocenters. The van der Waals surface area contributed by atoms with Crippen LogP contribution in [0.5, 0.6) is 5.75 Å². The number of rotatable bonds is 13. The summed E-state index contributed by atoms with van der Waals surface area (Å²) in [5, 5.41) is 2.88. The highest BCUT2D eigenvalue weighted by atomic mass is 16.5. The molecule has 0 radical (unpaired) electrons. The lowest BCUT2D eigenvalue weighted by Gasteiger charge is -2.32. The molecule has 4 aromatic rings. The van der Waals surface area contributed by atoms with E-state index in [1.165, 1.54) is 7.11 Å². The van der Waals surface area contributed by atoms with Gasteiger partial charge in [0.15, 0.2) is 0 Å². The molecule has 8 heteroatoms. The average Bonchev–Trinajstić information content (AvgIpc) is 3.11. The van der Waals surface area contributed by atoms with E-state index in [1.54, 1.807) is 12.4 Å². The topological polar surface area (TPSA) is 97.8 Å². The molecule has 5 rings (SSSR count). The van der Waals surface area contributed by atoms with Crippen molar-refractivity contribution >= 4 is 17.8 Å².